The molecule has 0 saturated carbocycles. The van der Waals surface area contributed by atoms with Gasteiger partial charge in [0.1, 0.15) is 0 Å². The third-order valence-electron chi connectivity index (χ3n) is 5.87. The lowest BCUT2D eigenvalue weighted by molar-refractivity contribution is 0.170. The number of sulfone groups is 1. The second-order valence-corrected chi connectivity index (χ2v) is 12.2. The van der Waals surface area contributed by atoms with Crippen LogP contribution in [0.5, 0.6) is 0 Å². The van der Waals surface area contributed by atoms with E-state index in [1.54, 1.807) is 29.5 Å². The van der Waals surface area contributed by atoms with E-state index in [-0.39, 0.29) is 0 Å². The molecule has 2 N–H and O–H groups in total. The molecule has 1 aliphatic rings. The maximum absolute atomic E-state index is 12.0. The van der Waals surface area contributed by atoms with Crippen LogP contribution in [0.25, 0.3) is 16.1 Å². The Kier molecular flexibility index (Phi) is 8.09. The minimum Gasteiger partial charge on any atom is -0.353 e. The van der Waals surface area contributed by atoms with Crippen LogP contribution in [0.1, 0.15) is 4.88 Å². The van der Waals surface area contributed by atoms with E-state index in [1.807, 2.05) is 48.5 Å². The molecule has 1 fully saturated rings. The molecule has 1 aromatic heterocycles. The van der Waals surface area contributed by atoms with Crippen LogP contribution in [0.15, 0.2) is 71.6 Å². The maximum atomic E-state index is 12.0. The number of nitrogens with one attached hydrogen (secondary N) is 2. The zero-order valence-corrected chi connectivity index (χ0v) is 22.2. The Balaban J connectivity index is 1.63. The van der Waals surface area contributed by atoms with Crippen LogP contribution in [-0.2, 0) is 9.84 Å². The van der Waals surface area contributed by atoms with Crippen molar-refractivity contribution in [3.63, 3.8) is 0 Å². The highest BCUT2D eigenvalue weighted by Gasteiger charge is 2.16. The summed E-state index contributed by atoms with van der Waals surface area (Å²) < 4.78 is 24.0. The highest BCUT2D eigenvalue weighted by Crippen LogP contribution is 2.34. The number of nitrogens with zero attached hydrogens (tertiary/aromatic N) is 2. The molecule has 184 valence electrons. The van der Waals surface area contributed by atoms with E-state index in [1.165, 1.54) is 6.26 Å². The van der Waals surface area contributed by atoms with E-state index < -0.39 is 9.84 Å². The van der Waals surface area contributed by atoms with Crippen LogP contribution in [0.4, 0.5) is 5.69 Å². The first-order valence-corrected chi connectivity index (χ1v) is 14.4. The summed E-state index contributed by atoms with van der Waals surface area (Å²) in [5, 5.41) is 12.7. The number of halogens is 1. The highest BCUT2D eigenvalue weighted by molar-refractivity contribution is 7.90. The summed E-state index contributed by atoms with van der Waals surface area (Å²) in [4.78, 5) is 6.77. The Hall–Kier alpha value is -2.49. The predicted octanol–water partition coefficient (Wildman–Crippen LogP) is 5.19. The molecule has 0 bridgehead atoms. The lowest BCUT2D eigenvalue weighted by atomic mass is 10.2. The fourth-order valence-corrected chi connectivity index (χ4v) is 5.68. The van der Waals surface area contributed by atoms with Crippen LogP contribution in [0.3, 0.4) is 0 Å². The van der Waals surface area contributed by atoms with Crippen molar-refractivity contribution in [3.05, 3.63) is 76.6 Å². The molecule has 1 aliphatic heterocycles. The van der Waals surface area contributed by atoms with Crippen molar-refractivity contribution in [2.75, 3.05) is 51.3 Å². The average molecular weight is 529 g/mol. The topological polar surface area (TPSA) is 76.5 Å². The predicted molar refractivity (Wildman–Crippen MR) is 148 cm³/mol. The summed E-state index contributed by atoms with van der Waals surface area (Å²) >= 11 is 7.95. The number of likely N-dealkylation sites (N-methyl/N-ethyl adjacent to an activating group) is 1. The molecule has 6 nitrogen and oxygen atoms in total. The summed E-state index contributed by atoms with van der Waals surface area (Å²) in [6.07, 6.45) is 3.08. The highest BCUT2D eigenvalue weighted by atomic mass is 35.5. The summed E-state index contributed by atoms with van der Waals surface area (Å²) in [7, 11) is -1.17. The average Bonchev–Trinajstić information content (AvgIpc) is 3.31. The fraction of sp³-hybridized carbons (Fsp3) is 0.269. The number of para-hydroxylation sites is 1. The monoisotopic (exact) mass is 528 g/mol. The Labute approximate surface area is 216 Å². The second-order valence-electron chi connectivity index (χ2n) is 8.73. The zero-order valence-electron chi connectivity index (χ0n) is 19.8. The molecule has 0 atom stereocenters. The first-order valence-electron chi connectivity index (χ1n) is 11.3. The summed E-state index contributed by atoms with van der Waals surface area (Å²) in [5.74, 6) is 0. The maximum Gasteiger partial charge on any atom is 0.175 e. The van der Waals surface area contributed by atoms with E-state index >= 15 is 0 Å². The number of benzene rings is 2. The summed E-state index contributed by atoms with van der Waals surface area (Å²) in [6.45, 7) is 4.47. The third kappa shape index (κ3) is 6.80. The molecule has 0 amide bonds. The number of hydrogen-bond acceptors (Lipinski definition) is 7. The second kappa shape index (κ2) is 11.1. The standard InChI is InChI=1S/C26H29ClN4O2S2/c1-30-12-14-31(15-13-30)18-20(28)17-24(29-23-9-4-3-8-22(23)27)26-11-10-25(34-26)19-6-5-7-21(16-19)35(2,32)33/h3-11,16-17,28-29H,12-15,18H2,1-2H3/b24-17-,28-20?. The molecular weight excluding hydrogens is 500 g/mol. The first kappa shape index (κ1) is 25.6. The van der Waals surface area contributed by atoms with Crippen molar-refractivity contribution in [1.82, 2.24) is 9.80 Å². The van der Waals surface area contributed by atoms with Crippen LogP contribution in [-0.4, -0.2) is 70.0 Å². The van der Waals surface area contributed by atoms with Crippen molar-refractivity contribution in [2.24, 2.45) is 0 Å². The van der Waals surface area contributed by atoms with Gasteiger partial charge in [-0.1, -0.05) is 35.9 Å². The van der Waals surface area contributed by atoms with Gasteiger partial charge in [-0.2, -0.15) is 0 Å². The number of piperazine rings is 1. The molecule has 0 unspecified atom stereocenters. The number of thiophene rings is 1. The van der Waals surface area contributed by atoms with Gasteiger partial charge < -0.3 is 15.6 Å². The van der Waals surface area contributed by atoms with Crippen molar-refractivity contribution >= 4 is 49.9 Å². The van der Waals surface area contributed by atoms with Gasteiger partial charge in [-0.15, -0.1) is 11.3 Å². The van der Waals surface area contributed by atoms with Gasteiger partial charge in [0.2, 0.25) is 0 Å². The molecule has 3 aromatic rings. The molecule has 1 saturated heterocycles. The van der Waals surface area contributed by atoms with Gasteiger partial charge in [-0.3, -0.25) is 4.90 Å². The van der Waals surface area contributed by atoms with E-state index in [0.717, 1.165) is 52.9 Å². The smallest absolute Gasteiger partial charge is 0.175 e. The van der Waals surface area contributed by atoms with Crippen LogP contribution >= 0.6 is 22.9 Å². The van der Waals surface area contributed by atoms with E-state index in [4.69, 9.17) is 17.0 Å². The molecule has 2 heterocycles. The van der Waals surface area contributed by atoms with Gasteiger partial charge in [-0.05, 0) is 55.1 Å². The van der Waals surface area contributed by atoms with E-state index in [9.17, 15) is 8.42 Å². The van der Waals surface area contributed by atoms with Crippen LogP contribution < -0.4 is 5.32 Å². The Bertz CT molecular complexity index is 1340. The first-order chi connectivity index (χ1) is 16.7. The van der Waals surface area contributed by atoms with Gasteiger partial charge in [-0.25, -0.2) is 8.42 Å². The zero-order chi connectivity index (χ0) is 25.0. The Morgan fingerprint density at radius 3 is 2.54 bits per heavy atom. The quantitative estimate of drug-likeness (QED) is 0.393. The normalized spacial score (nSPS) is 15.8. The Morgan fingerprint density at radius 1 is 1.09 bits per heavy atom. The van der Waals surface area contributed by atoms with Crippen molar-refractivity contribution < 1.29 is 8.42 Å². The Morgan fingerprint density at radius 2 is 1.83 bits per heavy atom. The van der Waals surface area contributed by atoms with Crippen molar-refractivity contribution in [2.45, 2.75) is 4.90 Å². The summed E-state index contributed by atoms with van der Waals surface area (Å²) in [6, 6.07) is 18.5. The van der Waals surface area contributed by atoms with Gasteiger partial charge in [0, 0.05) is 49.6 Å². The lowest BCUT2D eigenvalue weighted by Crippen LogP contribution is -2.46. The van der Waals surface area contributed by atoms with Crippen LogP contribution in [0.2, 0.25) is 5.02 Å². The molecule has 2 aromatic carbocycles. The molecule has 9 heteroatoms. The molecule has 0 radical (unpaired) electrons. The van der Waals surface area contributed by atoms with Crippen LogP contribution in [0, 0.1) is 5.41 Å². The fourth-order valence-electron chi connectivity index (χ4n) is 3.86. The molecule has 35 heavy (non-hydrogen) atoms. The largest absolute Gasteiger partial charge is 0.353 e. The van der Waals surface area contributed by atoms with Gasteiger partial charge in [0.15, 0.2) is 9.84 Å². The molecule has 4 rings (SSSR count). The van der Waals surface area contributed by atoms with E-state index in [2.05, 4.69) is 22.2 Å². The molecule has 0 aliphatic carbocycles. The summed E-state index contributed by atoms with van der Waals surface area (Å²) in [5.41, 5.74) is 2.90. The lowest BCUT2D eigenvalue weighted by Gasteiger charge is -2.32. The van der Waals surface area contributed by atoms with Gasteiger partial charge >= 0.3 is 0 Å². The van der Waals surface area contributed by atoms with Gasteiger partial charge in [0.25, 0.3) is 0 Å². The number of anilines is 1. The molecular formula is C26H29ClN4O2S2. The minimum absolute atomic E-state index is 0.295. The van der Waals surface area contributed by atoms with Crippen molar-refractivity contribution in [3.8, 4) is 10.4 Å². The van der Waals surface area contributed by atoms with E-state index in [0.29, 0.717) is 22.2 Å². The number of rotatable bonds is 8. The number of hydrogen-bond donors (Lipinski definition) is 2. The molecule has 0 spiro atoms. The third-order valence-corrected chi connectivity index (χ3v) is 8.48. The van der Waals surface area contributed by atoms with Gasteiger partial charge in [0.05, 0.1) is 26.2 Å². The SMILES string of the molecule is CN1CCN(CC(=N)/C=C(\Nc2ccccc2Cl)c2ccc(-c3cccc(S(C)(=O)=O)c3)s2)CC1. The minimum atomic E-state index is -3.29. The van der Waals surface area contributed by atoms with Crippen molar-refractivity contribution in [1.29, 1.82) is 5.41 Å².